The number of nitrogens with zero attached hydrogens (tertiary/aromatic N) is 6. The summed E-state index contributed by atoms with van der Waals surface area (Å²) in [5.74, 6) is 2.07. The monoisotopic (exact) mass is 330 g/mol. The van der Waals surface area contributed by atoms with Crippen molar-refractivity contribution in [2.24, 2.45) is 0 Å². The molecule has 0 atom stereocenters. The Morgan fingerprint density at radius 3 is 2.54 bits per heavy atom. The van der Waals surface area contributed by atoms with Crippen molar-refractivity contribution in [3.8, 4) is 11.7 Å². The maximum absolute atomic E-state index is 5.63. The second-order valence-corrected chi connectivity index (χ2v) is 5.16. The van der Waals surface area contributed by atoms with Gasteiger partial charge in [-0.15, -0.1) is 10.2 Å². The molecular weight excluding hydrogens is 312 g/mol. The quantitative estimate of drug-likeness (QED) is 0.645. The largest absolute Gasteiger partial charge is 0.459 e. The standard InChI is InChI=1S/C14H18N8O2/c1-2-5-22(7-10-17-13(15)19-14(16)18-10)8-11-20-21-12(24-11)9-4-3-6-23-9/h3-4,6H,2,5,7-8H2,1H3,(H4,15,16,17,18,19). The Morgan fingerprint density at radius 2 is 1.88 bits per heavy atom. The summed E-state index contributed by atoms with van der Waals surface area (Å²) in [6, 6.07) is 3.52. The van der Waals surface area contributed by atoms with Crippen LogP contribution in [0.25, 0.3) is 11.7 Å². The maximum Gasteiger partial charge on any atom is 0.283 e. The van der Waals surface area contributed by atoms with Crippen LogP contribution in [-0.2, 0) is 13.1 Å². The van der Waals surface area contributed by atoms with Gasteiger partial charge in [-0.2, -0.15) is 15.0 Å². The van der Waals surface area contributed by atoms with Crippen LogP contribution in [0.1, 0.15) is 25.1 Å². The lowest BCUT2D eigenvalue weighted by molar-refractivity contribution is 0.226. The summed E-state index contributed by atoms with van der Waals surface area (Å²) in [5.41, 5.74) is 11.2. The highest BCUT2D eigenvalue weighted by Gasteiger charge is 2.15. The highest BCUT2D eigenvalue weighted by atomic mass is 16.4. The molecule has 24 heavy (non-hydrogen) atoms. The molecule has 0 saturated heterocycles. The third-order valence-electron chi connectivity index (χ3n) is 3.18. The second-order valence-electron chi connectivity index (χ2n) is 5.16. The van der Waals surface area contributed by atoms with Crippen LogP contribution in [0.2, 0.25) is 0 Å². The topological polar surface area (TPSA) is 146 Å². The number of hydrogen-bond acceptors (Lipinski definition) is 10. The molecule has 3 rings (SSSR count). The normalized spacial score (nSPS) is 11.2. The first-order valence-electron chi connectivity index (χ1n) is 7.48. The Balaban J connectivity index is 1.72. The predicted molar refractivity (Wildman–Crippen MR) is 85.1 cm³/mol. The Morgan fingerprint density at radius 1 is 1.08 bits per heavy atom. The molecule has 4 N–H and O–H groups in total. The van der Waals surface area contributed by atoms with Gasteiger partial charge in [0.15, 0.2) is 5.76 Å². The predicted octanol–water partition coefficient (Wildman–Crippen LogP) is 1.09. The van der Waals surface area contributed by atoms with Crippen LogP contribution in [0.3, 0.4) is 0 Å². The first-order chi connectivity index (χ1) is 11.6. The molecule has 0 unspecified atom stereocenters. The van der Waals surface area contributed by atoms with Crippen molar-refractivity contribution in [1.29, 1.82) is 0 Å². The Labute approximate surface area is 137 Å². The van der Waals surface area contributed by atoms with Crippen molar-refractivity contribution in [2.45, 2.75) is 26.4 Å². The van der Waals surface area contributed by atoms with Crippen LogP contribution in [0.15, 0.2) is 27.2 Å². The third-order valence-corrected chi connectivity index (χ3v) is 3.18. The Hall–Kier alpha value is -3.01. The highest BCUT2D eigenvalue weighted by Crippen LogP contribution is 2.19. The van der Waals surface area contributed by atoms with E-state index in [1.54, 1.807) is 18.4 Å². The van der Waals surface area contributed by atoms with Crippen molar-refractivity contribution in [1.82, 2.24) is 30.0 Å². The van der Waals surface area contributed by atoms with Crippen molar-refractivity contribution < 1.29 is 8.83 Å². The first-order valence-corrected chi connectivity index (χ1v) is 7.48. The molecule has 0 aliphatic heterocycles. The van der Waals surface area contributed by atoms with Gasteiger partial charge >= 0.3 is 0 Å². The molecule has 10 heteroatoms. The maximum atomic E-state index is 5.63. The zero-order chi connectivity index (χ0) is 16.9. The first kappa shape index (κ1) is 15.9. The number of hydrogen-bond donors (Lipinski definition) is 2. The molecule has 0 fully saturated rings. The molecule has 0 aliphatic carbocycles. The summed E-state index contributed by atoms with van der Waals surface area (Å²) in [6.07, 6.45) is 2.49. The van der Waals surface area contributed by atoms with E-state index >= 15 is 0 Å². The number of anilines is 2. The van der Waals surface area contributed by atoms with Crippen molar-refractivity contribution in [3.63, 3.8) is 0 Å². The molecule has 3 heterocycles. The smallest absolute Gasteiger partial charge is 0.283 e. The van der Waals surface area contributed by atoms with Gasteiger partial charge in [0.25, 0.3) is 5.89 Å². The van der Waals surface area contributed by atoms with E-state index in [0.717, 1.165) is 13.0 Å². The molecule has 3 aromatic rings. The Kier molecular flexibility index (Phi) is 4.66. The number of aromatic nitrogens is 5. The summed E-state index contributed by atoms with van der Waals surface area (Å²) in [5, 5.41) is 8.04. The molecule has 0 radical (unpaired) electrons. The minimum Gasteiger partial charge on any atom is -0.459 e. The molecule has 3 aromatic heterocycles. The van der Waals surface area contributed by atoms with Gasteiger partial charge < -0.3 is 20.3 Å². The van der Waals surface area contributed by atoms with E-state index in [0.29, 0.717) is 36.5 Å². The van der Waals surface area contributed by atoms with Crippen LogP contribution in [0, 0.1) is 0 Å². The van der Waals surface area contributed by atoms with E-state index in [9.17, 15) is 0 Å². The average Bonchev–Trinajstić information content (AvgIpc) is 3.16. The fraction of sp³-hybridized carbons (Fsp3) is 0.357. The van der Waals surface area contributed by atoms with E-state index in [4.69, 9.17) is 20.3 Å². The van der Waals surface area contributed by atoms with Crippen molar-refractivity contribution in [2.75, 3.05) is 18.0 Å². The molecule has 0 spiro atoms. The number of furan rings is 1. The fourth-order valence-electron chi connectivity index (χ4n) is 2.27. The SMILES string of the molecule is CCCN(Cc1nc(N)nc(N)n1)Cc1nnc(-c2ccco2)o1. The van der Waals surface area contributed by atoms with Gasteiger partial charge in [-0.1, -0.05) is 6.92 Å². The van der Waals surface area contributed by atoms with Crippen LogP contribution in [-0.4, -0.2) is 36.6 Å². The van der Waals surface area contributed by atoms with E-state index in [-0.39, 0.29) is 11.9 Å². The van der Waals surface area contributed by atoms with Crippen LogP contribution >= 0.6 is 0 Å². The second kappa shape index (κ2) is 7.04. The van der Waals surface area contributed by atoms with E-state index in [1.807, 2.05) is 0 Å². The van der Waals surface area contributed by atoms with Crippen molar-refractivity contribution in [3.05, 3.63) is 30.1 Å². The fourth-order valence-corrected chi connectivity index (χ4v) is 2.27. The van der Waals surface area contributed by atoms with Gasteiger partial charge in [0.2, 0.25) is 17.8 Å². The van der Waals surface area contributed by atoms with Gasteiger partial charge in [0, 0.05) is 0 Å². The minimum atomic E-state index is 0.104. The van der Waals surface area contributed by atoms with Crippen LogP contribution in [0.4, 0.5) is 11.9 Å². The van der Waals surface area contributed by atoms with Gasteiger partial charge in [-0.25, -0.2) is 0 Å². The lowest BCUT2D eigenvalue weighted by atomic mass is 10.3. The molecule has 0 amide bonds. The molecule has 126 valence electrons. The number of rotatable bonds is 7. The van der Waals surface area contributed by atoms with E-state index in [2.05, 4.69) is 37.0 Å². The Bertz CT molecular complexity index is 766. The summed E-state index contributed by atoms with van der Waals surface area (Å²) in [6.45, 7) is 3.77. The van der Waals surface area contributed by atoms with E-state index < -0.39 is 0 Å². The molecule has 10 nitrogen and oxygen atoms in total. The molecule has 0 bridgehead atoms. The zero-order valence-corrected chi connectivity index (χ0v) is 13.2. The van der Waals surface area contributed by atoms with Gasteiger partial charge in [-0.05, 0) is 25.1 Å². The molecule has 0 saturated carbocycles. The summed E-state index contributed by atoms with van der Waals surface area (Å²) < 4.78 is 10.9. The lowest BCUT2D eigenvalue weighted by Crippen LogP contribution is -2.25. The number of nitrogen functional groups attached to an aromatic ring is 2. The third kappa shape index (κ3) is 3.84. The molecule has 0 aliphatic rings. The zero-order valence-electron chi connectivity index (χ0n) is 13.2. The molecular formula is C14H18N8O2. The number of nitrogens with two attached hydrogens (primary N) is 2. The minimum absolute atomic E-state index is 0.104. The summed E-state index contributed by atoms with van der Waals surface area (Å²) >= 11 is 0. The van der Waals surface area contributed by atoms with Gasteiger partial charge in [0.05, 0.1) is 19.4 Å². The van der Waals surface area contributed by atoms with Gasteiger partial charge in [-0.3, -0.25) is 4.90 Å². The van der Waals surface area contributed by atoms with Crippen LogP contribution < -0.4 is 11.5 Å². The average molecular weight is 330 g/mol. The van der Waals surface area contributed by atoms with Gasteiger partial charge in [0.1, 0.15) is 5.82 Å². The summed E-state index contributed by atoms with van der Waals surface area (Å²) in [7, 11) is 0. The van der Waals surface area contributed by atoms with Crippen LogP contribution in [0.5, 0.6) is 0 Å². The van der Waals surface area contributed by atoms with E-state index in [1.165, 1.54) is 0 Å². The highest BCUT2D eigenvalue weighted by molar-refractivity contribution is 5.42. The lowest BCUT2D eigenvalue weighted by Gasteiger charge is -2.18. The summed E-state index contributed by atoms with van der Waals surface area (Å²) in [4.78, 5) is 14.0. The van der Waals surface area contributed by atoms with Crippen molar-refractivity contribution >= 4 is 11.9 Å². The molecule has 0 aromatic carbocycles.